The highest BCUT2D eigenvalue weighted by Crippen LogP contribution is 2.28. The van der Waals surface area contributed by atoms with Crippen LogP contribution >= 0.6 is 11.6 Å². The maximum Gasteiger partial charge on any atom is 0.171 e. The van der Waals surface area contributed by atoms with Gasteiger partial charge in [0.25, 0.3) is 0 Å². The third kappa shape index (κ3) is 2.96. The van der Waals surface area contributed by atoms with Gasteiger partial charge < -0.3 is 5.73 Å². The van der Waals surface area contributed by atoms with Crippen LogP contribution in [0.5, 0.6) is 0 Å². The van der Waals surface area contributed by atoms with E-state index in [4.69, 9.17) is 17.3 Å². The van der Waals surface area contributed by atoms with E-state index in [-0.39, 0.29) is 11.7 Å². The molecule has 0 saturated carbocycles. The second-order valence-corrected chi connectivity index (χ2v) is 4.88. The molecule has 1 atom stereocenters. The van der Waals surface area contributed by atoms with Crippen molar-refractivity contribution < 1.29 is 4.79 Å². The molecule has 2 rings (SSSR count). The van der Waals surface area contributed by atoms with E-state index < -0.39 is 0 Å². The average molecular weight is 274 g/mol. The SMILES string of the molecule is CCC(C(=O)c1ccc(N)cc1Cl)c1ccccc1. The Morgan fingerprint density at radius 1 is 1.21 bits per heavy atom. The number of ketones is 1. The molecule has 2 aromatic rings. The fraction of sp³-hybridized carbons (Fsp3) is 0.188. The second-order valence-electron chi connectivity index (χ2n) is 4.48. The molecular formula is C16H16ClNO. The summed E-state index contributed by atoms with van der Waals surface area (Å²) in [5.41, 5.74) is 7.77. The first-order valence-electron chi connectivity index (χ1n) is 6.27. The summed E-state index contributed by atoms with van der Waals surface area (Å²) >= 11 is 6.11. The molecule has 0 spiro atoms. The quantitative estimate of drug-likeness (QED) is 0.667. The fourth-order valence-corrected chi connectivity index (χ4v) is 2.46. The predicted molar refractivity (Wildman–Crippen MR) is 79.7 cm³/mol. The van der Waals surface area contributed by atoms with Gasteiger partial charge in [-0.1, -0.05) is 48.9 Å². The first-order valence-corrected chi connectivity index (χ1v) is 6.65. The summed E-state index contributed by atoms with van der Waals surface area (Å²) < 4.78 is 0. The van der Waals surface area contributed by atoms with Crippen molar-refractivity contribution in [2.45, 2.75) is 19.3 Å². The Bertz CT molecular complexity index is 581. The Labute approximate surface area is 118 Å². The van der Waals surface area contributed by atoms with Gasteiger partial charge in [0.05, 0.1) is 5.02 Å². The molecule has 0 saturated heterocycles. The van der Waals surface area contributed by atoms with Gasteiger partial charge in [0.15, 0.2) is 5.78 Å². The van der Waals surface area contributed by atoms with Crippen LogP contribution in [0.4, 0.5) is 5.69 Å². The van der Waals surface area contributed by atoms with Gasteiger partial charge in [-0.25, -0.2) is 0 Å². The molecule has 0 amide bonds. The molecule has 2 nitrogen and oxygen atoms in total. The standard InChI is InChI=1S/C16H16ClNO/c1-2-13(11-6-4-3-5-7-11)16(19)14-9-8-12(18)10-15(14)17/h3-10,13H,2,18H2,1H3. The van der Waals surface area contributed by atoms with Crippen molar-refractivity contribution in [3.8, 4) is 0 Å². The van der Waals surface area contributed by atoms with Gasteiger partial charge in [0, 0.05) is 17.2 Å². The largest absolute Gasteiger partial charge is 0.399 e. The summed E-state index contributed by atoms with van der Waals surface area (Å²) in [4.78, 5) is 12.6. The third-order valence-electron chi connectivity index (χ3n) is 3.19. The van der Waals surface area contributed by atoms with Crippen molar-refractivity contribution in [2.24, 2.45) is 0 Å². The minimum Gasteiger partial charge on any atom is -0.399 e. The predicted octanol–water partition coefficient (Wildman–Crippen LogP) is 4.30. The first kappa shape index (κ1) is 13.6. The molecule has 2 aromatic carbocycles. The number of nitrogens with two attached hydrogens (primary N) is 1. The van der Waals surface area contributed by atoms with Gasteiger partial charge in [-0.3, -0.25) is 4.79 Å². The van der Waals surface area contributed by atoms with Crippen LogP contribution in [-0.2, 0) is 0 Å². The maximum atomic E-state index is 12.6. The van der Waals surface area contributed by atoms with Gasteiger partial charge >= 0.3 is 0 Å². The van der Waals surface area contributed by atoms with Gasteiger partial charge in [0.1, 0.15) is 0 Å². The summed E-state index contributed by atoms with van der Waals surface area (Å²) in [6.07, 6.45) is 0.740. The molecule has 98 valence electrons. The van der Waals surface area contributed by atoms with E-state index in [0.717, 1.165) is 12.0 Å². The Kier molecular flexibility index (Phi) is 4.23. The van der Waals surface area contributed by atoms with Gasteiger partial charge in [-0.15, -0.1) is 0 Å². The minimum absolute atomic E-state index is 0.0405. The van der Waals surface area contributed by atoms with Crippen molar-refractivity contribution in [2.75, 3.05) is 5.73 Å². The lowest BCUT2D eigenvalue weighted by molar-refractivity contribution is 0.0957. The average Bonchev–Trinajstić information content (AvgIpc) is 2.40. The fourth-order valence-electron chi connectivity index (χ4n) is 2.18. The number of hydrogen-bond donors (Lipinski definition) is 1. The van der Waals surface area contributed by atoms with Crippen LogP contribution in [0.1, 0.15) is 35.2 Å². The Morgan fingerprint density at radius 2 is 1.89 bits per heavy atom. The van der Waals surface area contributed by atoms with Crippen LogP contribution in [0.25, 0.3) is 0 Å². The van der Waals surface area contributed by atoms with E-state index in [2.05, 4.69) is 0 Å². The number of carbonyl (C=O) groups excluding carboxylic acids is 1. The number of anilines is 1. The lowest BCUT2D eigenvalue weighted by Crippen LogP contribution is -2.12. The monoisotopic (exact) mass is 273 g/mol. The highest BCUT2D eigenvalue weighted by atomic mass is 35.5. The molecule has 1 unspecified atom stereocenters. The zero-order valence-corrected chi connectivity index (χ0v) is 11.5. The number of carbonyl (C=O) groups is 1. The molecule has 0 aromatic heterocycles. The van der Waals surface area contributed by atoms with Gasteiger partial charge in [-0.2, -0.15) is 0 Å². The Hall–Kier alpha value is -1.80. The summed E-state index contributed by atoms with van der Waals surface area (Å²) in [7, 11) is 0. The van der Waals surface area contributed by atoms with E-state index in [9.17, 15) is 4.79 Å². The second kappa shape index (κ2) is 5.89. The topological polar surface area (TPSA) is 43.1 Å². The van der Waals surface area contributed by atoms with E-state index >= 15 is 0 Å². The third-order valence-corrected chi connectivity index (χ3v) is 3.50. The summed E-state index contributed by atoms with van der Waals surface area (Å²) in [5, 5.41) is 0.416. The van der Waals surface area contributed by atoms with E-state index in [0.29, 0.717) is 16.3 Å². The lowest BCUT2D eigenvalue weighted by Gasteiger charge is -2.15. The highest BCUT2D eigenvalue weighted by molar-refractivity contribution is 6.34. The molecular weight excluding hydrogens is 258 g/mol. The molecule has 0 radical (unpaired) electrons. The highest BCUT2D eigenvalue weighted by Gasteiger charge is 2.22. The van der Waals surface area contributed by atoms with Crippen LogP contribution in [-0.4, -0.2) is 5.78 Å². The molecule has 0 bridgehead atoms. The van der Waals surface area contributed by atoms with Crippen molar-refractivity contribution in [1.29, 1.82) is 0 Å². The van der Waals surface area contributed by atoms with E-state index in [1.54, 1.807) is 18.2 Å². The van der Waals surface area contributed by atoms with Gasteiger partial charge in [0.2, 0.25) is 0 Å². The summed E-state index contributed by atoms with van der Waals surface area (Å²) in [5.74, 6) is -0.124. The molecule has 19 heavy (non-hydrogen) atoms. The number of hydrogen-bond acceptors (Lipinski definition) is 2. The lowest BCUT2D eigenvalue weighted by atomic mass is 9.88. The van der Waals surface area contributed by atoms with Crippen molar-refractivity contribution >= 4 is 23.1 Å². The molecule has 0 heterocycles. The molecule has 0 aliphatic carbocycles. The molecule has 0 aliphatic rings. The number of benzene rings is 2. The normalized spacial score (nSPS) is 12.1. The molecule has 0 aliphatic heterocycles. The zero-order chi connectivity index (χ0) is 13.8. The van der Waals surface area contributed by atoms with E-state index in [1.807, 2.05) is 37.3 Å². The summed E-state index contributed by atoms with van der Waals surface area (Å²) in [6, 6.07) is 14.8. The van der Waals surface area contributed by atoms with Gasteiger partial charge in [-0.05, 0) is 30.2 Å². The number of Topliss-reactive ketones (excluding diaryl/α,β-unsaturated/α-hetero) is 1. The Morgan fingerprint density at radius 3 is 2.47 bits per heavy atom. The zero-order valence-electron chi connectivity index (χ0n) is 10.8. The molecule has 3 heteroatoms. The van der Waals surface area contributed by atoms with E-state index in [1.165, 1.54) is 0 Å². The van der Waals surface area contributed by atoms with Crippen molar-refractivity contribution in [1.82, 2.24) is 0 Å². The smallest absolute Gasteiger partial charge is 0.171 e. The maximum absolute atomic E-state index is 12.6. The number of halogens is 1. The van der Waals surface area contributed by atoms with Crippen molar-refractivity contribution in [3.05, 3.63) is 64.7 Å². The van der Waals surface area contributed by atoms with Crippen molar-refractivity contribution in [3.63, 3.8) is 0 Å². The number of nitrogen functional groups attached to an aromatic ring is 1. The number of rotatable bonds is 4. The van der Waals surface area contributed by atoms with Crippen LogP contribution < -0.4 is 5.73 Å². The van der Waals surface area contributed by atoms with Crippen LogP contribution in [0.3, 0.4) is 0 Å². The Balaban J connectivity index is 2.36. The van der Waals surface area contributed by atoms with Crippen LogP contribution in [0, 0.1) is 0 Å². The first-order chi connectivity index (χ1) is 9.13. The summed E-state index contributed by atoms with van der Waals surface area (Å²) in [6.45, 7) is 2.00. The molecule has 0 fully saturated rings. The minimum atomic E-state index is -0.165. The van der Waals surface area contributed by atoms with Crippen LogP contribution in [0.2, 0.25) is 5.02 Å². The van der Waals surface area contributed by atoms with Crippen LogP contribution in [0.15, 0.2) is 48.5 Å². The molecule has 2 N–H and O–H groups in total.